The molecular formula is C34H34ClN3. The molecule has 4 heteroatoms. The number of anilines is 3. The fraction of sp³-hybridized carbons (Fsp3) is 0.147. The molecule has 0 saturated heterocycles. The molecule has 1 aliphatic carbocycles. The smallest absolute Gasteiger partial charge is 0.199 e. The van der Waals surface area contributed by atoms with Gasteiger partial charge in [-0.25, -0.2) is 4.58 Å². The summed E-state index contributed by atoms with van der Waals surface area (Å²) in [6, 6.07) is 32.5. The van der Waals surface area contributed by atoms with E-state index >= 15 is 0 Å². The molecule has 5 rings (SSSR count). The van der Waals surface area contributed by atoms with Crippen molar-refractivity contribution in [2.45, 2.75) is 6.42 Å². The standard InChI is InChI=1S/C34H34N3.ClH/c1-36(2)29-19-14-25(15-20-29)33(26-16-21-30(22-17-26)37(3)4)24-27-18-23-34(32-13-9-8-12-31(27)32)35-28-10-6-5-7-11-28;/h5-23,35H,24H2,1-4H3;1H/q+1;/p-1. The first-order chi connectivity index (χ1) is 18.0. The van der Waals surface area contributed by atoms with Gasteiger partial charge in [-0.1, -0.05) is 60.7 Å². The van der Waals surface area contributed by atoms with Gasteiger partial charge in [0, 0.05) is 48.7 Å². The first-order valence-corrected chi connectivity index (χ1v) is 12.7. The topological polar surface area (TPSA) is 18.3 Å². The van der Waals surface area contributed by atoms with Crippen LogP contribution in [0.4, 0.5) is 17.1 Å². The Morgan fingerprint density at radius 3 is 1.97 bits per heavy atom. The van der Waals surface area contributed by atoms with Gasteiger partial charge in [0.05, 0.1) is 0 Å². The van der Waals surface area contributed by atoms with Crippen molar-refractivity contribution in [2.24, 2.45) is 0 Å². The maximum absolute atomic E-state index is 3.61. The predicted molar refractivity (Wildman–Crippen MR) is 160 cm³/mol. The van der Waals surface area contributed by atoms with Crippen LogP contribution in [0.1, 0.15) is 11.1 Å². The third-order valence-corrected chi connectivity index (χ3v) is 6.90. The first-order valence-electron chi connectivity index (χ1n) is 12.7. The van der Waals surface area contributed by atoms with Crippen LogP contribution in [0, 0.1) is 0 Å². The van der Waals surface area contributed by atoms with Crippen LogP contribution in [0.5, 0.6) is 0 Å². The minimum Gasteiger partial charge on any atom is -1.00 e. The zero-order valence-corrected chi connectivity index (χ0v) is 23.2. The van der Waals surface area contributed by atoms with Crippen molar-refractivity contribution in [3.05, 3.63) is 132 Å². The summed E-state index contributed by atoms with van der Waals surface area (Å²) in [5.74, 6) is 0. The number of nitrogens with zero attached hydrogens (tertiary/aromatic N) is 2. The summed E-state index contributed by atoms with van der Waals surface area (Å²) in [7, 11) is 8.32. The lowest BCUT2D eigenvalue weighted by molar-refractivity contribution is -0.462. The van der Waals surface area contributed by atoms with E-state index in [1.165, 1.54) is 44.4 Å². The molecule has 192 valence electrons. The van der Waals surface area contributed by atoms with Gasteiger partial charge in [0.2, 0.25) is 0 Å². The van der Waals surface area contributed by atoms with Crippen LogP contribution in [0.15, 0.2) is 121 Å². The molecule has 3 nitrogen and oxygen atoms in total. The largest absolute Gasteiger partial charge is 1.00 e. The lowest BCUT2D eigenvalue weighted by Crippen LogP contribution is -3.00. The average molecular weight is 520 g/mol. The zero-order valence-electron chi connectivity index (χ0n) is 22.4. The third kappa shape index (κ3) is 5.90. The van der Waals surface area contributed by atoms with E-state index in [2.05, 4.69) is 152 Å². The number of benzene rings is 4. The van der Waals surface area contributed by atoms with Gasteiger partial charge in [-0.05, 0) is 76.6 Å². The van der Waals surface area contributed by atoms with Crippen LogP contribution in [0.25, 0.3) is 16.3 Å². The maximum atomic E-state index is 3.61. The van der Waals surface area contributed by atoms with Gasteiger partial charge in [-0.3, -0.25) is 0 Å². The van der Waals surface area contributed by atoms with E-state index in [0.717, 1.165) is 17.8 Å². The molecular weight excluding hydrogens is 486 g/mol. The SMILES string of the molecule is CN(C)c1ccc(C(Cc2ccc(Nc3ccccc3)c3ccccc23)=C2C=CC(=[N+](C)C)C=C2)cc1.[Cl-]. The monoisotopic (exact) mass is 519 g/mol. The molecule has 38 heavy (non-hydrogen) atoms. The fourth-order valence-electron chi connectivity index (χ4n) is 4.78. The van der Waals surface area contributed by atoms with Crippen LogP contribution in [-0.2, 0) is 6.42 Å². The Labute approximate surface area is 232 Å². The summed E-state index contributed by atoms with van der Waals surface area (Å²) >= 11 is 0. The summed E-state index contributed by atoms with van der Waals surface area (Å²) in [6.07, 6.45) is 9.74. The number of para-hydroxylation sites is 1. The number of fused-ring (bicyclic) bond motifs is 1. The highest BCUT2D eigenvalue weighted by Crippen LogP contribution is 2.34. The summed E-state index contributed by atoms with van der Waals surface area (Å²) < 4.78 is 2.14. The number of nitrogens with one attached hydrogen (secondary N) is 1. The predicted octanol–water partition coefficient (Wildman–Crippen LogP) is 4.49. The highest BCUT2D eigenvalue weighted by molar-refractivity contribution is 6.03. The van der Waals surface area contributed by atoms with Gasteiger partial charge < -0.3 is 22.6 Å². The molecule has 0 atom stereocenters. The van der Waals surface area contributed by atoms with Gasteiger partial charge in [-0.2, -0.15) is 0 Å². The molecule has 0 spiro atoms. The number of allylic oxidation sites excluding steroid dienone is 6. The van der Waals surface area contributed by atoms with Gasteiger partial charge in [0.25, 0.3) is 0 Å². The van der Waals surface area contributed by atoms with Gasteiger partial charge in [0.1, 0.15) is 14.1 Å². The number of rotatable bonds is 6. The second kappa shape index (κ2) is 12.0. The van der Waals surface area contributed by atoms with E-state index in [-0.39, 0.29) is 12.4 Å². The van der Waals surface area contributed by atoms with Crippen molar-refractivity contribution in [1.29, 1.82) is 0 Å². The van der Waals surface area contributed by atoms with Crippen LogP contribution in [0.3, 0.4) is 0 Å². The van der Waals surface area contributed by atoms with Crippen molar-refractivity contribution in [1.82, 2.24) is 0 Å². The minimum atomic E-state index is 0. The second-order valence-electron chi connectivity index (χ2n) is 9.85. The normalized spacial score (nSPS) is 12.3. The van der Waals surface area contributed by atoms with E-state index in [9.17, 15) is 0 Å². The van der Waals surface area contributed by atoms with E-state index in [0.29, 0.717) is 0 Å². The molecule has 0 unspecified atom stereocenters. The lowest BCUT2D eigenvalue weighted by Gasteiger charge is -2.18. The maximum Gasteiger partial charge on any atom is 0.199 e. The van der Waals surface area contributed by atoms with Gasteiger partial charge in [0.15, 0.2) is 5.71 Å². The summed E-state index contributed by atoms with van der Waals surface area (Å²) in [5.41, 5.74) is 9.76. The Morgan fingerprint density at radius 1 is 0.711 bits per heavy atom. The van der Waals surface area contributed by atoms with Gasteiger partial charge >= 0.3 is 0 Å². The highest BCUT2D eigenvalue weighted by Gasteiger charge is 2.15. The van der Waals surface area contributed by atoms with Crippen molar-refractivity contribution in [2.75, 3.05) is 38.4 Å². The molecule has 1 N–H and O–H groups in total. The van der Waals surface area contributed by atoms with Crippen LogP contribution in [-0.4, -0.2) is 38.5 Å². The molecule has 4 aromatic carbocycles. The van der Waals surface area contributed by atoms with E-state index in [4.69, 9.17) is 0 Å². The molecule has 4 aromatic rings. The molecule has 0 bridgehead atoms. The molecule has 0 radical (unpaired) electrons. The third-order valence-electron chi connectivity index (χ3n) is 6.90. The Balaban J connectivity index is 0.00000336. The number of halogens is 1. The highest BCUT2D eigenvalue weighted by atomic mass is 35.5. The molecule has 0 aliphatic heterocycles. The molecule has 1 aliphatic rings. The molecule has 0 fully saturated rings. The Hall–Kier alpha value is -4.08. The van der Waals surface area contributed by atoms with Crippen molar-refractivity contribution in [3.63, 3.8) is 0 Å². The van der Waals surface area contributed by atoms with Crippen LogP contribution < -0.4 is 22.6 Å². The van der Waals surface area contributed by atoms with E-state index in [1.807, 2.05) is 6.07 Å². The van der Waals surface area contributed by atoms with E-state index in [1.54, 1.807) is 0 Å². The second-order valence-corrected chi connectivity index (χ2v) is 9.85. The van der Waals surface area contributed by atoms with Gasteiger partial charge in [-0.15, -0.1) is 0 Å². The Morgan fingerprint density at radius 2 is 1.34 bits per heavy atom. The minimum absolute atomic E-state index is 0. The quantitative estimate of drug-likeness (QED) is 0.378. The summed E-state index contributed by atoms with van der Waals surface area (Å²) in [6.45, 7) is 0. The zero-order chi connectivity index (χ0) is 25.8. The summed E-state index contributed by atoms with van der Waals surface area (Å²) in [4.78, 5) is 2.14. The molecule has 0 saturated carbocycles. The number of hydrogen-bond donors (Lipinski definition) is 1. The summed E-state index contributed by atoms with van der Waals surface area (Å²) in [5, 5.41) is 6.11. The van der Waals surface area contributed by atoms with E-state index < -0.39 is 0 Å². The Bertz CT molecular complexity index is 1520. The number of hydrogen-bond acceptors (Lipinski definition) is 2. The first kappa shape index (κ1) is 27.0. The fourth-order valence-corrected chi connectivity index (χ4v) is 4.78. The van der Waals surface area contributed by atoms with Crippen LogP contribution >= 0.6 is 0 Å². The molecule has 0 aromatic heterocycles. The Kier molecular flexibility index (Phi) is 8.50. The lowest BCUT2D eigenvalue weighted by atomic mass is 9.89. The average Bonchev–Trinajstić information content (AvgIpc) is 2.93. The van der Waals surface area contributed by atoms with Crippen molar-refractivity contribution in [3.8, 4) is 0 Å². The molecule has 0 amide bonds. The van der Waals surface area contributed by atoms with Crippen LogP contribution in [0.2, 0.25) is 0 Å². The molecule has 0 heterocycles. The van der Waals surface area contributed by atoms with Crippen molar-refractivity contribution < 1.29 is 17.0 Å². The van der Waals surface area contributed by atoms with Crippen molar-refractivity contribution >= 4 is 39.1 Å².